The summed E-state index contributed by atoms with van der Waals surface area (Å²) in [4.78, 5) is 30.7. The zero-order valence-electron chi connectivity index (χ0n) is 18.3. The number of anilines is 1. The second kappa shape index (κ2) is 12.6. The molecule has 0 aliphatic rings. The van der Waals surface area contributed by atoms with E-state index in [-0.39, 0.29) is 31.1 Å². The molecule has 1 N–H and O–H groups in total. The van der Waals surface area contributed by atoms with Gasteiger partial charge in [-0.1, -0.05) is 36.4 Å². The molecule has 7 heteroatoms. The van der Waals surface area contributed by atoms with Crippen LogP contribution >= 0.6 is 0 Å². The molecule has 0 aliphatic carbocycles. The number of nitriles is 1. The molecule has 3 aromatic rings. The fraction of sp³-hybridized carbons (Fsp3) is 0.231. The number of nitrogens with one attached hydrogen (secondary N) is 1. The summed E-state index contributed by atoms with van der Waals surface area (Å²) < 4.78 is 5.71. The van der Waals surface area contributed by atoms with Crippen LogP contribution in [0, 0.1) is 11.3 Å². The number of nitrogens with zero attached hydrogens (tertiary/aromatic N) is 3. The number of benzene rings is 2. The molecule has 0 radical (unpaired) electrons. The lowest BCUT2D eigenvalue weighted by molar-refractivity contribution is -0.125. The highest BCUT2D eigenvalue weighted by Gasteiger charge is 2.16. The van der Waals surface area contributed by atoms with Gasteiger partial charge in [0.15, 0.2) is 0 Å². The Morgan fingerprint density at radius 3 is 2.42 bits per heavy atom. The van der Waals surface area contributed by atoms with Crippen molar-refractivity contribution in [3.05, 3.63) is 90.3 Å². The van der Waals surface area contributed by atoms with Gasteiger partial charge in [-0.2, -0.15) is 5.26 Å². The molecule has 0 atom stereocenters. The second-order valence-electron chi connectivity index (χ2n) is 7.32. The van der Waals surface area contributed by atoms with E-state index < -0.39 is 0 Å². The second-order valence-corrected chi connectivity index (χ2v) is 7.32. The van der Waals surface area contributed by atoms with E-state index in [1.807, 2.05) is 72.8 Å². The van der Waals surface area contributed by atoms with Gasteiger partial charge >= 0.3 is 0 Å². The first-order chi connectivity index (χ1) is 16.2. The van der Waals surface area contributed by atoms with Crippen molar-refractivity contribution in [1.82, 2.24) is 10.3 Å². The number of pyridine rings is 1. The SMILES string of the molecule is N#CCCN(C(=O)CCC(=O)NCc1ccc(OCc2ccccn2)cc1)c1ccccc1. The molecule has 168 valence electrons. The quantitative estimate of drug-likeness (QED) is 0.484. The normalized spacial score (nSPS) is 10.2. The first kappa shape index (κ1) is 23.5. The van der Waals surface area contributed by atoms with Crippen molar-refractivity contribution >= 4 is 17.5 Å². The maximum atomic E-state index is 12.6. The minimum atomic E-state index is -0.202. The Balaban J connectivity index is 1.43. The molecular formula is C26H26N4O3. The van der Waals surface area contributed by atoms with Gasteiger partial charge in [0.2, 0.25) is 11.8 Å². The van der Waals surface area contributed by atoms with Gasteiger partial charge in [-0.25, -0.2) is 0 Å². The molecule has 2 amide bonds. The Hall–Kier alpha value is -4.18. The van der Waals surface area contributed by atoms with Gasteiger partial charge in [-0.3, -0.25) is 14.6 Å². The van der Waals surface area contributed by atoms with Crippen molar-refractivity contribution in [2.24, 2.45) is 0 Å². The summed E-state index contributed by atoms with van der Waals surface area (Å²) in [6, 6.07) is 24.4. The third-order valence-electron chi connectivity index (χ3n) is 4.91. The van der Waals surface area contributed by atoms with Crippen LogP contribution in [0.5, 0.6) is 5.75 Å². The third kappa shape index (κ3) is 7.78. The zero-order valence-corrected chi connectivity index (χ0v) is 18.3. The Morgan fingerprint density at radius 1 is 0.970 bits per heavy atom. The van der Waals surface area contributed by atoms with Gasteiger partial charge < -0.3 is 15.0 Å². The van der Waals surface area contributed by atoms with Gasteiger partial charge in [0.1, 0.15) is 12.4 Å². The molecule has 0 fully saturated rings. The van der Waals surface area contributed by atoms with Crippen LogP contribution in [-0.4, -0.2) is 23.3 Å². The third-order valence-corrected chi connectivity index (χ3v) is 4.91. The number of hydrogen-bond acceptors (Lipinski definition) is 5. The van der Waals surface area contributed by atoms with Crippen molar-refractivity contribution in [2.75, 3.05) is 11.4 Å². The zero-order chi connectivity index (χ0) is 23.3. The van der Waals surface area contributed by atoms with Crippen molar-refractivity contribution in [1.29, 1.82) is 5.26 Å². The maximum Gasteiger partial charge on any atom is 0.227 e. The molecule has 0 bridgehead atoms. The number of carbonyl (C=O) groups excluding carboxylic acids is 2. The fourth-order valence-electron chi connectivity index (χ4n) is 3.16. The van der Waals surface area contributed by atoms with E-state index in [0.717, 1.165) is 22.7 Å². The summed E-state index contributed by atoms with van der Waals surface area (Å²) in [6.07, 6.45) is 2.12. The van der Waals surface area contributed by atoms with Crippen LogP contribution in [0.4, 0.5) is 5.69 Å². The average molecular weight is 443 g/mol. The Morgan fingerprint density at radius 2 is 1.73 bits per heavy atom. The van der Waals surface area contributed by atoms with E-state index in [9.17, 15) is 9.59 Å². The van der Waals surface area contributed by atoms with Crippen LogP contribution in [0.15, 0.2) is 79.0 Å². The summed E-state index contributed by atoms with van der Waals surface area (Å²) in [5.41, 5.74) is 2.50. The van der Waals surface area contributed by atoms with E-state index in [4.69, 9.17) is 10.00 Å². The summed E-state index contributed by atoms with van der Waals surface area (Å²) in [7, 11) is 0. The Kier molecular flexibility index (Phi) is 8.98. The smallest absolute Gasteiger partial charge is 0.227 e. The van der Waals surface area contributed by atoms with Gasteiger partial charge in [0.05, 0.1) is 18.2 Å². The minimum Gasteiger partial charge on any atom is -0.487 e. The van der Waals surface area contributed by atoms with E-state index in [1.54, 1.807) is 11.1 Å². The molecule has 0 unspecified atom stereocenters. The first-order valence-electron chi connectivity index (χ1n) is 10.8. The summed E-state index contributed by atoms with van der Waals surface area (Å²) in [6.45, 7) is 1.05. The molecule has 33 heavy (non-hydrogen) atoms. The topological polar surface area (TPSA) is 95.3 Å². The highest BCUT2D eigenvalue weighted by molar-refractivity contribution is 5.95. The number of hydrogen-bond donors (Lipinski definition) is 1. The maximum absolute atomic E-state index is 12.6. The largest absolute Gasteiger partial charge is 0.487 e. The van der Waals surface area contributed by atoms with Crippen molar-refractivity contribution < 1.29 is 14.3 Å². The van der Waals surface area contributed by atoms with E-state index in [0.29, 0.717) is 19.7 Å². The monoisotopic (exact) mass is 442 g/mol. The molecule has 0 aliphatic heterocycles. The molecule has 0 spiro atoms. The highest BCUT2D eigenvalue weighted by atomic mass is 16.5. The standard InChI is InChI=1S/C26H26N4O3/c27-16-6-18-30(23-8-2-1-3-9-23)26(32)15-14-25(31)29-19-21-10-12-24(13-11-21)33-20-22-7-4-5-17-28-22/h1-5,7-13,17H,6,14-15,18-20H2,(H,29,31). The van der Waals surface area contributed by atoms with Crippen LogP contribution in [0.3, 0.4) is 0 Å². The first-order valence-corrected chi connectivity index (χ1v) is 10.8. The lowest BCUT2D eigenvalue weighted by atomic mass is 10.2. The van der Waals surface area contributed by atoms with Crippen LogP contribution in [-0.2, 0) is 22.7 Å². The molecular weight excluding hydrogens is 416 g/mol. The molecule has 1 aromatic heterocycles. The lowest BCUT2D eigenvalue weighted by Gasteiger charge is -2.21. The average Bonchev–Trinajstić information content (AvgIpc) is 2.87. The van der Waals surface area contributed by atoms with Gasteiger partial charge in [-0.05, 0) is 42.0 Å². The summed E-state index contributed by atoms with van der Waals surface area (Å²) >= 11 is 0. The van der Waals surface area contributed by atoms with Gasteiger partial charge in [0.25, 0.3) is 0 Å². The highest BCUT2D eigenvalue weighted by Crippen LogP contribution is 2.16. The summed E-state index contributed by atoms with van der Waals surface area (Å²) in [5, 5.41) is 11.7. The van der Waals surface area contributed by atoms with E-state index >= 15 is 0 Å². The number of rotatable bonds is 11. The Labute approximate surface area is 193 Å². The fourth-order valence-corrected chi connectivity index (χ4v) is 3.16. The lowest BCUT2D eigenvalue weighted by Crippen LogP contribution is -2.33. The molecule has 2 aromatic carbocycles. The van der Waals surface area contributed by atoms with Crippen LogP contribution in [0.25, 0.3) is 0 Å². The molecule has 1 heterocycles. The number of para-hydroxylation sites is 1. The predicted molar refractivity (Wildman–Crippen MR) is 125 cm³/mol. The van der Waals surface area contributed by atoms with E-state index in [1.165, 1.54) is 0 Å². The summed E-state index contributed by atoms with van der Waals surface area (Å²) in [5.74, 6) is 0.341. The van der Waals surface area contributed by atoms with Crippen molar-refractivity contribution in [3.63, 3.8) is 0 Å². The number of aromatic nitrogens is 1. The van der Waals surface area contributed by atoms with E-state index in [2.05, 4.69) is 16.4 Å². The van der Waals surface area contributed by atoms with Crippen molar-refractivity contribution in [2.45, 2.75) is 32.4 Å². The molecule has 0 saturated heterocycles. The Bertz CT molecular complexity index is 1060. The van der Waals surface area contributed by atoms with Crippen LogP contribution in [0.1, 0.15) is 30.5 Å². The van der Waals surface area contributed by atoms with Crippen molar-refractivity contribution in [3.8, 4) is 11.8 Å². The number of amides is 2. The number of ether oxygens (including phenoxy) is 1. The van der Waals surface area contributed by atoms with Gasteiger partial charge in [0, 0.05) is 37.8 Å². The number of carbonyl (C=O) groups is 2. The molecule has 0 saturated carbocycles. The van der Waals surface area contributed by atoms with Crippen LogP contribution < -0.4 is 15.0 Å². The minimum absolute atomic E-state index is 0.0758. The molecule has 3 rings (SSSR count). The predicted octanol–water partition coefficient (Wildman–Crippen LogP) is 4.00. The van der Waals surface area contributed by atoms with Gasteiger partial charge in [-0.15, -0.1) is 0 Å². The molecule has 7 nitrogen and oxygen atoms in total. The van der Waals surface area contributed by atoms with Crippen LogP contribution in [0.2, 0.25) is 0 Å².